The Labute approximate surface area is 101 Å². The number of Topliss-reactive ketones (excluding diaryl/α,β-unsaturated/α-hetero) is 1. The van der Waals surface area contributed by atoms with Gasteiger partial charge in [-0.1, -0.05) is 12.1 Å². The lowest BCUT2D eigenvalue weighted by Crippen LogP contribution is -2.35. The van der Waals surface area contributed by atoms with E-state index in [0.29, 0.717) is 37.1 Å². The number of nitrogens with zero attached hydrogens (tertiary/aromatic N) is 3. The molecule has 17 heavy (non-hydrogen) atoms. The smallest absolute Gasteiger partial charge is 0.226 e. The van der Waals surface area contributed by atoms with Crippen molar-refractivity contribution in [1.29, 1.82) is 0 Å². The molecule has 2 rings (SSSR count). The molecule has 1 heterocycles. The normalized spacial score (nSPS) is 17.9. The summed E-state index contributed by atoms with van der Waals surface area (Å²) in [5.74, 6) is 1.82. The van der Waals surface area contributed by atoms with Gasteiger partial charge in [0.25, 0.3) is 0 Å². The highest BCUT2D eigenvalue weighted by atomic mass is 16.5. The second-order valence-electron chi connectivity index (χ2n) is 4.64. The van der Waals surface area contributed by atoms with Crippen LogP contribution in [0.15, 0.2) is 4.52 Å². The van der Waals surface area contributed by atoms with Crippen LogP contribution in [0.3, 0.4) is 0 Å². The molecule has 94 valence electrons. The second-order valence-corrected chi connectivity index (χ2v) is 4.64. The summed E-state index contributed by atoms with van der Waals surface area (Å²) in [7, 11) is 2.06. The maximum Gasteiger partial charge on any atom is 0.226 e. The van der Waals surface area contributed by atoms with E-state index in [-0.39, 0.29) is 0 Å². The van der Waals surface area contributed by atoms with Gasteiger partial charge in [0.1, 0.15) is 5.78 Å². The Morgan fingerprint density at radius 2 is 2.12 bits per heavy atom. The van der Waals surface area contributed by atoms with Crippen LogP contribution < -0.4 is 0 Å². The molecule has 1 aliphatic rings. The van der Waals surface area contributed by atoms with Crippen molar-refractivity contribution in [2.24, 2.45) is 0 Å². The van der Waals surface area contributed by atoms with E-state index < -0.39 is 0 Å². The number of rotatable bonds is 4. The second kappa shape index (κ2) is 5.40. The first-order valence-corrected chi connectivity index (χ1v) is 6.22. The molecular weight excluding hydrogens is 218 g/mol. The van der Waals surface area contributed by atoms with Gasteiger partial charge in [0.05, 0.1) is 6.54 Å². The highest BCUT2D eigenvalue weighted by Crippen LogP contribution is 2.20. The molecule has 0 N–H and O–H groups in total. The van der Waals surface area contributed by atoms with Crippen molar-refractivity contribution in [3.8, 4) is 0 Å². The largest absolute Gasteiger partial charge is 0.339 e. The van der Waals surface area contributed by atoms with E-state index in [2.05, 4.69) is 22.1 Å². The lowest BCUT2D eigenvalue weighted by Gasteiger charge is -2.29. The van der Waals surface area contributed by atoms with Crippen LogP contribution in [0.5, 0.6) is 0 Å². The molecule has 0 amide bonds. The standard InChI is InChI=1S/C12H19N3O2/c1-3-12-13-11(14-17-12)8-15(2)9-4-6-10(16)7-5-9/h9H,3-8H2,1-2H3. The molecule has 1 aromatic heterocycles. The zero-order chi connectivity index (χ0) is 12.3. The summed E-state index contributed by atoms with van der Waals surface area (Å²) >= 11 is 0. The van der Waals surface area contributed by atoms with Gasteiger partial charge >= 0.3 is 0 Å². The Hall–Kier alpha value is -1.23. The summed E-state index contributed by atoms with van der Waals surface area (Å²) in [6.45, 7) is 2.69. The molecule has 1 aliphatic carbocycles. The Bertz CT molecular complexity index is 379. The Morgan fingerprint density at radius 1 is 1.41 bits per heavy atom. The van der Waals surface area contributed by atoms with Crippen molar-refractivity contribution in [1.82, 2.24) is 15.0 Å². The predicted molar refractivity (Wildman–Crippen MR) is 62.4 cm³/mol. The lowest BCUT2D eigenvalue weighted by atomic mass is 9.93. The zero-order valence-electron chi connectivity index (χ0n) is 10.5. The summed E-state index contributed by atoms with van der Waals surface area (Å²) in [4.78, 5) is 17.7. The monoisotopic (exact) mass is 237 g/mol. The Morgan fingerprint density at radius 3 is 2.71 bits per heavy atom. The average molecular weight is 237 g/mol. The van der Waals surface area contributed by atoms with Crippen molar-refractivity contribution in [2.75, 3.05) is 7.05 Å². The fraction of sp³-hybridized carbons (Fsp3) is 0.750. The molecule has 5 nitrogen and oxygen atoms in total. The molecule has 0 spiro atoms. The summed E-state index contributed by atoms with van der Waals surface area (Å²) in [6.07, 6.45) is 4.10. The fourth-order valence-electron chi connectivity index (χ4n) is 2.22. The van der Waals surface area contributed by atoms with Crippen molar-refractivity contribution >= 4 is 5.78 Å². The number of ketones is 1. The first-order valence-electron chi connectivity index (χ1n) is 6.22. The van der Waals surface area contributed by atoms with Crippen LogP contribution in [0.2, 0.25) is 0 Å². The third-order valence-electron chi connectivity index (χ3n) is 3.34. The molecule has 1 saturated carbocycles. The molecule has 5 heteroatoms. The quantitative estimate of drug-likeness (QED) is 0.795. The third kappa shape index (κ3) is 3.12. The minimum absolute atomic E-state index is 0.391. The van der Waals surface area contributed by atoms with Gasteiger partial charge in [-0.2, -0.15) is 4.98 Å². The van der Waals surface area contributed by atoms with Crippen LogP contribution in [0, 0.1) is 0 Å². The summed E-state index contributed by atoms with van der Waals surface area (Å²) in [6, 6.07) is 0.469. The summed E-state index contributed by atoms with van der Waals surface area (Å²) in [5.41, 5.74) is 0. The third-order valence-corrected chi connectivity index (χ3v) is 3.34. The van der Waals surface area contributed by atoms with Gasteiger partial charge in [-0.3, -0.25) is 9.69 Å². The maximum absolute atomic E-state index is 11.2. The van der Waals surface area contributed by atoms with E-state index in [1.807, 2.05) is 6.92 Å². The SMILES string of the molecule is CCc1nc(CN(C)C2CCC(=O)CC2)no1. The molecule has 0 bridgehead atoms. The average Bonchev–Trinajstić information content (AvgIpc) is 2.77. The first kappa shape index (κ1) is 12.2. The summed E-state index contributed by atoms with van der Waals surface area (Å²) in [5, 5.41) is 3.94. The van der Waals surface area contributed by atoms with Gasteiger partial charge in [0.15, 0.2) is 5.82 Å². The molecule has 0 atom stereocenters. The van der Waals surface area contributed by atoms with Crippen LogP contribution in [0.4, 0.5) is 0 Å². The zero-order valence-corrected chi connectivity index (χ0v) is 10.5. The number of carbonyl (C=O) groups is 1. The van der Waals surface area contributed by atoms with Crippen molar-refractivity contribution < 1.29 is 9.32 Å². The van der Waals surface area contributed by atoms with Gasteiger partial charge < -0.3 is 4.52 Å². The number of aromatic nitrogens is 2. The van der Waals surface area contributed by atoms with Crippen LogP contribution in [0.25, 0.3) is 0 Å². The van der Waals surface area contributed by atoms with Gasteiger partial charge in [-0.05, 0) is 19.9 Å². The minimum atomic E-state index is 0.391. The van der Waals surface area contributed by atoms with E-state index in [0.717, 1.165) is 25.1 Å². The van der Waals surface area contributed by atoms with E-state index in [1.54, 1.807) is 0 Å². The topological polar surface area (TPSA) is 59.2 Å². The van der Waals surface area contributed by atoms with Crippen LogP contribution in [0.1, 0.15) is 44.3 Å². The fourth-order valence-corrected chi connectivity index (χ4v) is 2.22. The van der Waals surface area contributed by atoms with E-state index >= 15 is 0 Å². The number of aryl methyl sites for hydroxylation is 1. The number of carbonyl (C=O) groups excluding carboxylic acids is 1. The van der Waals surface area contributed by atoms with Crippen LogP contribution >= 0.6 is 0 Å². The first-order chi connectivity index (χ1) is 8.19. The van der Waals surface area contributed by atoms with E-state index in [9.17, 15) is 4.79 Å². The summed E-state index contributed by atoms with van der Waals surface area (Å²) < 4.78 is 5.08. The van der Waals surface area contributed by atoms with Crippen molar-refractivity contribution in [2.45, 2.75) is 51.6 Å². The molecule has 0 aromatic carbocycles. The molecule has 0 unspecified atom stereocenters. The molecule has 0 aliphatic heterocycles. The van der Waals surface area contributed by atoms with E-state index in [4.69, 9.17) is 4.52 Å². The lowest BCUT2D eigenvalue weighted by molar-refractivity contribution is -0.121. The molecule has 0 saturated heterocycles. The molecule has 1 fully saturated rings. The van der Waals surface area contributed by atoms with Gasteiger partial charge in [0.2, 0.25) is 5.89 Å². The maximum atomic E-state index is 11.2. The van der Waals surface area contributed by atoms with Crippen LogP contribution in [-0.4, -0.2) is 33.9 Å². The number of hydrogen-bond acceptors (Lipinski definition) is 5. The van der Waals surface area contributed by atoms with E-state index in [1.165, 1.54) is 0 Å². The van der Waals surface area contributed by atoms with Crippen LogP contribution in [-0.2, 0) is 17.8 Å². The predicted octanol–water partition coefficient (Wildman–Crippen LogP) is 1.58. The van der Waals surface area contributed by atoms with Gasteiger partial charge in [-0.25, -0.2) is 0 Å². The Balaban J connectivity index is 1.87. The molecule has 1 aromatic rings. The van der Waals surface area contributed by atoms with Gasteiger partial charge in [-0.15, -0.1) is 0 Å². The molecular formula is C12H19N3O2. The highest BCUT2D eigenvalue weighted by Gasteiger charge is 2.23. The highest BCUT2D eigenvalue weighted by molar-refractivity contribution is 5.79. The van der Waals surface area contributed by atoms with Crippen molar-refractivity contribution in [3.63, 3.8) is 0 Å². The Kier molecular flexibility index (Phi) is 3.89. The van der Waals surface area contributed by atoms with Gasteiger partial charge in [0, 0.05) is 25.3 Å². The van der Waals surface area contributed by atoms with Crippen molar-refractivity contribution in [3.05, 3.63) is 11.7 Å². The number of hydrogen-bond donors (Lipinski definition) is 0. The minimum Gasteiger partial charge on any atom is -0.339 e. The molecule has 0 radical (unpaired) electrons.